The van der Waals surface area contributed by atoms with Crippen molar-refractivity contribution in [2.75, 3.05) is 0 Å². The summed E-state index contributed by atoms with van der Waals surface area (Å²) in [5, 5.41) is 2.16. The summed E-state index contributed by atoms with van der Waals surface area (Å²) in [6, 6.07) is 21.3. The molecule has 31 heavy (non-hydrogen) atoms. The zero-order valence-corrected chi connectivity index (χ0v) is 17.5. The van der Waals surface area contributed by atoms with Crippen molar-refractivity contribution in [1.29, 1.82) is 0 Å². The van der Waals surface area contributed by atoms with Crippen LogP contribution in [0.15, 0.2) is 66.9 Å². The summed E-state index contributed by atoms with van der Waals surface area (Å²) in [5.41, 5.74) is 9.57. The van der Waals surface area contributed by atoms with Gasteiger partial charge in [0, 0.05) is 30.0 Å². The van der Waals surface area contributed by atoms with Gasteiger partial charge in [0.2, 0.25) is 5.92 Å². The van der Waals surface area contributed by atoms with E-state index in [4.69, 9.17) is 4.98 Å². The highest BCUT2D eigenvalue weighted by atomic mass is 19.3. The molecule has 6 rings (SSSR count). The normalized spacial score (nSPS) is 18.9. The van der Waals surface area contributed by atoms with Gasteiger partial charge in [-0.05, 0) is 82.6 Å². The zero-order chi connectivity index (χ0) is 21.2. The fraction of sp³-hybridized carbons (Fsp3) is 0.250. The Balaban J connectivity index is 1.53. The molecule has 0 radical (unpaired) electrons. The lowest BCUT2D eigenvalue weighted by molar-refractivity contribution is 0.00777. The van der Waals surface area contributed by atoms with Crippen LogP contribution in [0.4, 0.5) is 8.78 Å². The Morgan fingerprint density at radius 2 is 1.77 bits per heavy atom. The standard InChI is InChI=1S/C28H23F2N/c1-17-12-24-22-5-3-2-4-20(22)15-25(24)26(13-17)27-23-14-19(7-6-18(23)9-11-31-27)21-8-10-28(29,30)16-21/h2-7,9,11-14,21H,8,10,15-16H2,1H3. The van der Waals surface area contributed by atoms with Crippen molar-refractivity contribution in [1.82, 2.24) is 4.98 Å². The molecule has 3 heteroatoms. The van der Waals surface area contributed by atoms with Crippen LogP contribution < -0.4 is 0 Å². The number of aryl methyl sites for hydroxylation is 1. The van der Waals surface area contributed by atoms with Gasteiger partial charge in [-0.2, -0.15) is 0 Å². The highest BCUT2D eigenvalue weighted by Gasteiger charge is 2.40. The fourth-order valence-electron chi connectivity index (χ4n) is 5.48. The van der Waals surface area contributed by atoms with Crippen LogP contribution in [0.3, 0.4) is 0 Å². The topological polar surface area (TPSA) is 12.9 Å². The van der Waals surface area contributed by atoms with Gasteiger partial charge >= 0.3 is 0 Å². The predicted octanol–water partition coefficient (Wildman–Crippen LogP) is 7.68. The number of nitrogens with zero attached hydrogens (tertiary/aromatic N) is 1. The van der Waals surface area contributed by atoms with Gasteiger partial charge in [0.15, 0.2) is 0 Å². The molecule has 1 nitrogen and oxygen atoms in total. The first-order valence-electron chi connectivity index (χ1n) is 11.0. The third kappa shape index (κ3) is 3.06. The average Bonchev–Trinajstić information content (AvgIpc) is 3.32. The first-order chi connectivity index (χ1) is 15.0. The molecule has 1 unspecified atom stereocenters. The lowest BCUT2D eigenvalue weighted by Crippen LogP contribution is -2.09. The minimum Gasteiger partial charge on any atom is -0.256 e. The molecule has 4 aromatic rings. The summed E-state index contributed by atoms with van der Waals surface area (Å²) < 4.78 is 27.7. The maximum Gasteiger partial charge on any atom is 0.248 e. The van der Waals surface area contributed by atoms with Crippen LogP contribution in [0, 0.1) is 6.92 Å². The van der Waals surface area contributed by atoms with Gasteiger partial charge in [0.05, 0.1) is 5.69 Å². The van der Waals surface area contributed by atoms with Crippen molar-refractivity contribution in [3.63, 3.8) is 0 Å². The molecule has 1 aromatic heterocycles. The molecule has 0 amide bonds. The summed E-state index contributed by atoms with van der Waals surface area (Å²) in [6.07, 6.45) is 3.23. The van der Waals surface area contributed by atoms with Crippen LogP contribution in [0.25, 0.3) is 33.2 Å². The molecule has 1 heterocycles. The van der Waals surface area contributed by atoms with Crippen molar-refractivity contribution in [3.05, 3.63) is 89.1 Å². The van der Waals surface area contributed by atoms with Crippen LogP contribution in [-0.2, 0) is 6.42 Å². The largest absolute Gasteiger partial charge is 0.256 e. The molecule has 1 saturated carbocycles. The van der Waals surface area contributed by atoms with E-state index in [2.05, 4.69) is 55.5 Å². The van der Waals surface area contributed by atoms with Crippen LogP contribution in [0.5, 0.6) is 0 Å². The first-order valence-corrected chi connectivity index (χ1v) is 11.0. The number of hydrogen-bond acceptors (Lipinski definition) is 1. The van der Waals surface area contributed by atoms with Crippen molar-refractivity contribution in [2.24, 2.45) is 0 Å². The molecule has 3 aromatic carbocycles. The highest BCUT2D eigenvalue weighted by Crippen LogP contribution is 2.46. The summed E-state index contributed by atoms with van der Waals surface area (Å²) >= 11 is 0. The van der Waals surface area contributed by atoms with E-state index in [1.165, 1.54) is 27.8 Å². The lowest BCUT2D eigenvalue weighted by atomic mass is 9.91. The molecule has 0 bridgehead atoms. The molecule has 0 N–H and O–H groups in total. The Labute approximate surface area is 180 Å². The summed E-state index contributed by atoms with van der Waals surface area (Å²) in [7, 11) is 0. The average molecular weight is 411 g/mol. The summed E-state index contributed by atoms with van der Waals surface area (Å²) in [6.45, 7) is 2.13. The Kier molecular flexibility index (Phi) is 4.05. The molecule has 2 aliphatic rings. The van der Waals surface area contributed by atoms with E-state index in [9.17, 15) is 8.78 Å². The maximum atomic E-state index is 13.9. The number of pyridine rings is 1. The van der Waals surface area contributed by atoms with Gasteiger partial charge in [-0.3, -0.25) is 4.98 Å². The number of hydrogen-bond donors (Lipinski definition) is 0. The molecular weight excluding hydrogens is 388 g/mol. The molecule has 0 spiro atoms. The first kappa shape index (κ1) is 18.7. The minimum atomic E-state index is -2.54. The highest BCUT2D eigenvalue weighted by molar-refractivity contribution is 5.98. The number of fused-ring (bicyclic) bond motifs is 4. The van der Waals surface area contributed by atoms with Gasteiger partial charge in [0.1, 0.15) is 0 Å². The van der Waals surface area contributed by atoms with Crippen molar-refractivity contribution in [2.45, 2.75) is 44.4 Å². The Bertz CT molecular complexity index is 1340. The molecular formula is C28H23F2N. The molecule has 1 atom stereocenters. The molecule has 154 valence electrons. The van der Waals surface area contributed by atoms with Crippen LogP contribution in [0.1, 0.15) is 47.4 Å². The van der Waals surface area contributed by atoms with Gasteiger partial charge in [0.25, 0.3) is 0 Å². The third-order valence-electron chi connectivity index (χ3n) is 6.99. The molecule has 1 fully saturated rings. The molecule has 0 saturated heterocycles. The zero-order valence-electron chi connectivity index (χ0n) is 17.5. The summed E-state index contributed by atoms with van der Waals surface area (Å²) in [5.74, 6) is -2.62. The van der Waals surface area contributed by atoms with E-state index in [-0.39, 0.29) is 18.8 Å². The monoisotopic (exact) mass is 411 g/mol. The van der Waals surface area contributed by atoms with Crippen molar-refractivity contribution in [3.8, 4) is 22.4 Å². The van der Waals surface area contributed by atoms with E-state index < -0.39 is 5.92 Å². The Morgan fingerprint density at radius 3 is 2.61 bits per heavy atom. The number of benzene rings is 3. The smallest absolute Gasteiger partial charge is 0.248 e. The van der Waals surface area contributed by atoms with E-state index in [1.807, 2.05) is 18.3 Å². The quantitative estimate of drug-likeness (QED) is 0.290. The Morgan fingerprint density at radius 1 is 0.935 bits per heavy atom. The summed E-state index contributed by atoms with van der Waals surface area (Å²) in [4.78, 5) is 4.81. The minimum absolute atomic E-state index is 0.0146. The fourth-order valence-corrected chi connectivity index (χ4v) is 5.48. The third-order valence-corrected chi connectivity index (χ3v) is 6.99. The molecule has 0 aliphatic heterocycles. The second-order valence-corrected chi connectivity index (χ2v) is 9.11. The van der Waals surface area contributed by atoms with E-state index >= 15 is 0 Å². The number of aromatic nitrogens is 1. The number of halogens is 2. The van der Waals surface area contributed by atoms with Crippen LogP contribution >= 0.6 is 0 Å². The predicted molar refractivity (Wildman–Crippen MR) is 122 cm³/mol. The van der Waals surface area contributed by atoms with Crippen molar-refractivity contribution >= 4 is 10.8 Å². The van der Waals surface area contributed by atoms with E-state index in [0.29, 0.717) is 6.42 Å². The van der Waals surface area contributed by atoms with E-state index in [0.717, 1.165) is 34.0 Å². The Hall–Kier alpha value is -3.07. The van der Waals surface area contributed by atoms with E-state index in [1.54, 1.807) is 0 Å². The SMILES string of the molecule is Cc1cc2c(c(-c3nccc4ccc(C5CCC(F)(F)C5)cc34)c1)Cc1ccccc1-2. The van der Waals surface area contributed by atoms with Crippen LogP contribution in [0.2, 0.25) is 0 Å². The lowest BCUT2D eigenvalue weighted by Gasteiger charge is -2.15. The van der Waals surface area contributed by atoms with Crippen LogP contribution in [-0.4, -0.2) is 10.9 Å². The van der Waals surface area contributed by atoms with Gasteiger partial charge in [-0.25, -0.2) is 8.78 Å². The van der Waals surface area contributed by atoms with Crippen molar-refractivity contribution < 1.29 is 8.78 Å². The maximum absolute atomic E-state index is 13.9. The second-order valence-electron chi connectivity index (χ2n) is 9.11. The molecule has 2 aliphatic carbocycles. The number of rotatable bonds is 2. The van der Waals surface area contributed by atoms with Gasteiger partial charge in [-0.1, -0.05) is 42.5 Å². The second kappa shape index (κ2) is 6.71. The number of alkyl halides is 2. The van der Waals surface area contributed by atoms with Gasteiger partial charge < -0.3 is 0 Å². The van der Waals surface area contributed by atoms with Gasteiger partial charge in [-0.15, -0.1) is 0 Å².